The molecule has 0 bridgehead atoms. The maximum absolute atomic E-state index is 12.3. The summed E-state index contributed by atoms with van der Waals surface area (Å²) in [7, 11) is 0. The highest BCUT2D eigenvalue weighted by molar-refractivity contribution is 5.93. The summed E-state index contributed by atoms with van der Waals surface area (Å²) < 4.78 is 10.4. The van der Waals surface area contributed by atoms with E-state index in [0.717, 1.165) is 24.1 Å². The number of fused-ring (bicyclic) bond motifs is 1. The van der Waals surface area contributed by atoms with Crippen LogP contribution in [0.5, 0.6) is 0 Å². The van der Waals surface area contributed by atoms with Crippen molar-refractivity contribution in [2.75, 3.05) is 23.4 Å². The van der Waals surface area contributed by atoms with Crippen LogP contribution in [0.1, 0.15) is 39.7 Å². The van der Waals surface area contributed by atoms with Gasteiger partial charge in [-0.1, -0.05) is 13.0 Å². The second-order valence-electron chi connectivity index (χ2n) is 6.49. The number of ether oxygens (including phenoxy) is 2. The molecular formula is C17H24N2O4. The quantitative estimate of drug-likeness (QED) is 0.916. The molecule has 0 saturated heterocycles. The van der Waals surface area contributed by atoms with Crippen molar-refractivity contribution in [3.05, 3.63) is 23.8 Å². The smallest absolute Gasteiger partial charge is 0.414 e. The van der Waals surface area contributed by atoms with E-state index < -0.39 is 11.7 Å². The first-order valence-electron chi connectivity index (χ1n) is 7.87. The Kier molecular flexibility index (Phi) is 5.13. The van der Waals surface area contributed by atoms with Crippen molar-refractivity contribution in [2.24, 2.45) is 0 Å². The van der Waals surface area contributed by atoms with Crippen LogP contribution in [0.3, 0.4) is 0 Å². The molecule has 0 unspecified atom stereocenters. The summed E-state index contributed by atoms with van der Waals surface area (Å²) in [4.78, 5) is 25.5. The van der Waals surface area contributed by atoms with Gasteiger partial charge in [0.15, 0.2) is 0 Å². The molecule has 0 saturated carbocycles. The first kappa shape index (κ1) is 17.1. The van der Waals surface area contributed by atoms with Gasteiger partial charge in [-0.05, 0) is 51.3 Å². The number of hydrogen-bond acceptors (Lipinski definition) is 4. The van der Waals surface area contributed by atoms with E-state index in [9.17, 15) is 9.59 Å². The Morgan fingerprint density at radius 1 is 1.30 bits per heavy atom. The standard InChI is InChI=1S/C17H24N2O4/c1-5-10-22-15(20)18-13-7-6-12-8-9-19(14(12)11-13)16(21)23-17(2,3)4/h6-7,11H,5,8-10H2,1-4H3,(H,18,20). The van der Waals surface area contributed by atoms with Gasteiger partial charge in [-0.3, -0.25) is 10.2 Å². The first-order valence-corrected chi connectivity index (χ1v) is 7.87. The highest BCUT2D eigenvalue weighted by Crippen LogP contribution is 2.32. The summed E-state index contributed by atoms with van der Waals surface area (Å²) in [6.45, 7) is 8.40. The van der Waals surface area contributed by atoms with E-state index in [1.54, 1.807) is 11.0 Å². The lowest BCUT2D eigenvalue weighted by atomic mass is 10.1. The van der Waals surface area contributed by atoms with Crippen LogP contribution in [0.4, 0.5) is 21.0 Å². The highest BCUT2D eigenvalue weighted by Gasteiger charge is 2.29. The molecule has 1 aromatic rings. The molecule has 0 fully saturated rings. The molecular weight excluding hydrogens is 296 g/mol. The number of nitrogens with one attached hydrogen (secondary N) is 1. The van der Waals surface area contributed by atoms with Crippen LogP contribution in [0.15, 0.2) is 18.2 Å². The molecule has 2 amide bonds. The number of nitrogens with zero attached hydrogens (tertiary/aromatic N) is 1. The maximum Gasteiger partial charge on any atom is 0.414 e. The molecule has 6 nitrogen and oxygen atoms in total. The number of carbonyl (C=O) groups is 2. The van der Waals surface area contributed by atoms with E-state index in [-0.39, 0.29) is 6.09 Å². The van der Waals surface area contributed by atoms with Crippen molar-refractivity contribution in [1.82, 2.24) is 0 Å². The largest absolute Gasteiger partial charge is 0.449 e. The zero-order chi connectivity index (χ0) is 17.0. The van der Waals surface area contributed by atoms with Gasteiger partial charge < -0.3 is 9.47 Å². The lowest BCUT2D eigenvalue weighted by Crippen LogP contribution is -2.35. The van der Waals surface area contributed by atoms with E-state index >= 15 is 0 Å². The Morgan fingerprint density at radius 2 is 2.04 bits per heavy atom. The number of hydrogen-bond donors (Lipinski definition) is 1. The SMILES string of the molecule is CCCOC(=O)Nc1ccc2c(c1)N(C(=O)OC(C)(C)C)CC2. The van der Waals surface area contributed by atoms with Gasteiger partial charge in [-0.2, -0.15) is 0 Å². The second-order valence-corrected chi connectivity index (χ2v) is 6.49. The Labute approximate surface area is 136 Å². The Balaban J connectivity index is 2.10. The van der Waals surface area contributed by atoms with E-state index in [1.807, 2.05) is 39.8 Å². The van der Waals surface area contributed by atoms with E-state index in [1.165, 1.54) is 0 Å². The maximum atomic E-state index is 12.3. The van der Waals surface area contributed by atoms with Crippen molar-refractivity contribution in [3.63, 3.8) is 0 Å². The number of amides is 2. The molecule has 2 rings (SSSR count). The van der Waals surface area contributed by atoms with E-state index in [2.05, 4.69) is 5.32 Å². The zero-order valence-corrected chi connectivity index (χ0v) is 14.1. The van der Waals surface area contributed by atoms with Gasteiger partial charge in [-0.25, -0.2) is 9.59 Å². The molecule has 1 aromatic carbocycles. The zero-order valence-electron chi connectivity index (χ0n) is 14.1. The molecule has 0 radical (unpaired) electrons. The van der Waals surface area contributed by atoms with Gasteiger partial charge in [0.1, 0.15) is 5.60 Å². The first-order chi connectivity index (χ1) is 10.8. The van der Waals surface area contributed by atoms with Gasteiger partial charge in [0.25, 0.3) is 0 Å². The van der Waals surface area contributed by atoms with Gasteiger partial charge in [0, 0.05) is 12.2 Å². The minimum absolute atomic E-state index is 0.373. The van der Waals surface area contributed by atoms with E-state index in [4.69, 9.17) is 9.47 Å². The summed E-state index contributed by atoms with van der Waals surface area (Å²) in [6, 6.07) is 5.50. The van der Waals surface area contributed by atoms with Crippen LogP contribution in [-0.2, 0) is 15.9 Å². The van der Waals surface area contributed by atoms with Crippen molar-refractivity contribution < 1.29 is 19.1 Å². The van der Waals surface area contributed by atoms with Crippen LogP contribution in [-0.4, -0.2) is 30.9 Å². The monoisotopic (exact) mass is 320 g/mol. The molecule has 1 aliphatic rings. The summed E-state index contributed by atoms with van der Waals surface area (Å²) in [5.74, 6) is 0. The molecule has 0 aromatic heterocycles. The molecule has 1 N–H and O–H groups in total. The van der Waals surface area contributed by atoms with Crippen LogP contribution in [0.2, 0.25) is 0 Å². The van der Waals surface area contributed by atoms with Gasteiger partial charge in [0.05, 0.1) is 12.3 Å². The fourth-order valence-corrected chi connectivity index (χ4v) is 2.31. The average molecular weight is 320 g/mol. The van der Waals surface area contributed by atoms with Gasteiger partial charge >= 0.3 is 12.2 Å². The van der Waals surface area contributed by atoms with Crippen LogP contribution >= 0.6 is 0 Å². The minimum Gasteiger partial charge on any atom is -0.449 e. The van der Waals surface area contributed by atoms with E-state index in [0.29, 0.717) is 18.8 Å². The lowest BCUT2D eigenvalue weighted by molar-refractivity contribution is 0.0584. The van der Waals surface area contributed by atoms with Crippen LogP contribution in [0, 0.1) is 0 Å². The van der Waals surface area contributed by atoms with Gasteiger partial charge in [-0.15, -0.1) is 0 Å². The molecule has 126 valence electrons. The molecule has 0 spiro atoms. The number of benzene rings is 1. The molecule has 23 heavy (non-hydrogen) atoms. The van der Waals surface area contributed by atoms with Crippen molar-refractivity contribution in [3.8, 4) is 0 Å². The fraction of sp³-hybridized carbons (Fsp3) is 0.529. The minimum atomic E-state index is -0.542. The number of carbonyl (C=O) groups excluding carboxylic acids is 2. The fourth-order valence-electron chi connectivity index (χ4n) is 2.31. The Morgan fingerprint density at radius 3 is 2.70 bits per heavy atom. The molecule has 0 atom stereocenters. The summed E-state index contributed by atoms with van der Waals surface area (Å²) in [5.41, 5.74) is 1.89. The topological polar surface area (TPSA) is 67.9 Å². The Bertz CT molecular complexity index is 593. The van der Waals surface area contributed by atoms with Crippen LogP contribution in [0.25, 0.3) is 0 Å². The Hall–Kier alpha value is -2.24. The highest BCUT2D eigenvalue weighted by atomic mass is 16.6. The number of anilines is 2. The normalized spacial score (nSPS) is 13.5. The summed E-state index contributed by atoms with van der Waals surface area (Å²) >= 11 is 0. The number of rotatable bonds is 3. The summed E-state index contributed by atoms with van der Waals surface area (Å²) in [6.07, 6.45) is 0.676. The third-order valence-corrected chi connectivity index (χ3v) is 3.28. The second kappa shape index (κ2) is 6.89. The summed E-state index contributed by atoms with van der Waals surface area (Å²) in [5, 5.41) is 2.67. The predicted molar refractivity (Wildman–Crippen MR) is 89.0 cm³/mol. The van der Waals surface area contributed by atoms with Gasteiger partial charge in [0.2, 0.25) is 0 Å². The lowest BCUT2D eigenvalue weighted by Gasteiger charge is -2.25. The average Bonchev–Trinajstić information content (AvgIpc) is 2.86. The molecule has 1 heterocycles. The van der Waals surface area contributed by atoms with Crippen molar-refractivity contribution in [2.45, 2.75) is 46.1 Å². The third-order valence-electron chi connectivity index (χ3n) is 3.28. The predicted octanol–water partition coefficient (Wildman–Crippen LogP) is 3.94. The molecule has 0 aliphatic carbocycles. The molecule has 6 heteroatoms. The van der Waals surface area contributed by atoms with Crippen molar-refractivity contribution >= 4 is 23.6 Å². The van der Waals surface area contributed by atoms with Crippen LogP contribution < -0.4 is 10.2 Å². The molecule has 1 aliphatic heterocycles. The van der Waals surface area contributed by atoms with Crippen molar-refractivity contribution in [1.29, 1.82) is 0 Å². The third kappa shape index (κ3) is 4.61.